The average Bonchev–Trinajstić information content (AvgIpc) is 2.59. The third-order valence-electron chi connectivity index (χ3n) is 3.14. The third-order valence-corrected chi connectivity index (χ3v) is 3.14. The fraction of sp³-hybridized carbons (Fsp3) is 0.176. The van der Waals surface area contributed by atoms with Gasteiger partial charge in [0.05, 0.1) is 12.7 Å². The van der Waals surface area contributed by atoms with Crippen molar-refractivity contribution in [1.29, 1.82) is 0 Å². The zero-order valence-electron chi connectivity index (χ0n) is 12.5. The molecular weight excluding hydrogens is 301 g/mol. The summed E-state index contributed by atoms with van der Waals surface area (Å²) >= 11 is 0. The van der Waals surface area contributed by atoms with Crippen LogP contribution in [0.25, 0.3) is 0 Å². The predicted molar refractivity (Wildman–Crippen MR) is 82.1 cm³/mol. The largest absolute Gasteiger partial charge is 0.497 e. The molecule has 0 saturated carbocycles. The number of halogens is 1. The van der Waals surface area contributed by atoms with Crippen LogP contribution in [0.1, 0.15) is 15.9 Å². The average molecular weight is 317 g/mol. The first-order chi connectivity index (χ1) is 11.1. The van der Waals surface area contributed by atoms with Crippen molar-refractivity contribution in [1.82, 2.24) is 5.32 Å². The fourth-order valence-corrected chi connectivity index (χ4v) is 1.91. The highest BCUT2D eigenvalue weighted by molar-refractivity contribution is 5.81. The Morgan fingerprint density at radius 1 is 1.26 bits per heavy atom. The highest BCUT2D eigenvalue weighted by atomic mass is 19.1. The van der Waals surface area contributed by atoms with Crippen molar-refractivity contribution < 1.29 is 23.5 Å². The van der Waals surface area contributed by atoms with Gasteiger partial charge >= 0.3 is 0 Å². The molecule has 0 aliphatic carbocycles. The van der Waals surface area contributed by atoms with Crippen molar-refractivity contribution >= 4 is 12.2 Å². The minimum absolute atomic E-state index is 0.0675. The van der Waals surface area contributed by atoms with Gasteiger partial charge in [-0.2, -0.15) is 0 Å². The number of aldehydes is 1. The second-order valence-electron chi connectivity index (χ2n) is 4.68. The summed E-state index contributed by atoms with van der Waals surface area (Å²) in [7, 11) is 1.49. The standard InChI is InChI=1S/C17H16FNO4/c1-22-14-6-7-16(13(8-14)10-20)23-11-17(21)19-9-12-4-2-3-5-15(12)18/h2-8,10H,9,11H2,1H3,(H,19,21). The van der Waals surface area contributed by atoms with Crippen LogP contribution >= 0.6 is 0 Å². The van der Waals surface area contributed by atoms with Crippen LogP contribution in [0.3, 0.4) is 0 Å². The molecule has 0 aromatic heterocycles. The Hall–Kier alpha value is -2.89. The van der Waals surface area contributed by atoms with Gasteiger partial charge in [-0.3, -0.25) is 9.59 Å². The monoisotopic (exact) mass is 317 g/mol. The van der Waals surface area contributed by atoms with Gasteiger partial charge in [-0.05, 0) is 24.3 Å². The van der Waals surface area contributed by atoms with Gasteiger partial charge < -0.3 is 14.8 Å². The highest BCUT2D eigenvalue weighted by Crippen LogP contribution is 2.22. The first-order valence-corrected chi connectivity index (χ1v) is 6.90. The Labute approximate surface area is 133 Å². The Morgan fingerprint density at radius 2 is 2.04 bits per heavy atom. The maximum Gasteiger partial charge on any atom is 0.258 e. The Balaban J connectivity index is 1.89. The molecule has 1 amide bonds. The van der Waals surface area contributed by atoms with Crippen molar-refractivity contribution in [2.75, 3.05) is 13.7 Å². The highest BCUT2D eigenvalue weighted by Gasteiger charge is 2.09. The smallest absolute Gasteiger partial charge is 0.258 e. The molecule has 2 aromatic rings. The molecule has 1 N–H and O–H groups in total. The maximum atomic E-state index is 13.4. The number of carbonyl (C=O) groups is 2. The lowest BCUT2D eigenvalue weighted by molar-refractivity contribution is -0.123. The van der Waals surface area contributed by atoms with E-state index >= 15 is 0 Å². The summed E-state index contributed by atoms with van der Waals surface area (Å²) in [5.41, 5.74) is 0.671. The predicted octanol–water partition coefficient (Wildman–Crippen LogP) is 2.34. The normalized spacial score (nSPS) is 10.0. The molecule has 0 radical (unpaired) electrons. The zero-order valence-corrected chi connectivity index (χ0v) is 12.5. The van der Waals surface area contributed by atoms with E-state index in [1.54, 1.807) is 30.3 Å². The second kappa shape index (κ2) is 7.93. The molecule has 0 aliphatic heterocycles. The van der Waals surface area contributed by atoms with E-state index in [4.69, 9.17) is 9.47 Å². The molecule has 5 nitrogen and oxygen atoms in total. The van der Waals surface area contributed by atoms with E-state index in [0.717, 1.165) is 0 Å². The molecule has 0 bridgehead atoms. The molecule has 0 fully saturated rings. The first kappa shape index (κ1) is 16.5. The summed E-state index contributed by atoms with van der Waals surface area (Å²) in [6.45, 7) is -0.209. The number of nitrogens with one attached hydrogen (secondary N) is 1. The minimum atomic E-state index is -0.416. The molecule has 0 aliphatic rings. The van der Waals surface area contributed by atoms with E-state index in [0.29, 0.717) is 17.6 Å². The lowest BCUT2D eigenvalue weighted by Gasteiger charge is -2.10. The molecule has 0 saturated heterocycles. The van der Waals surface area contributed by atoms with E-state index in [2.05, 4.69) is 5.32 Å². The van der Waals surface area contributed by atoms with E-state index in [-0.39, 0.29) is 30.3 Å². The maximum absolute atomic E-state index is 13.4. The summed E-state index contributed by atoms with van der Waals surface area (Å²) in [5.74, 6) is -0.00155. The molecule has 0 unspecified atom stereocenters. The molecule has 0 spiro atoms. The first-order valence-electron chi connectivity index (χ1n) is 6.90. The number of benzene rings is 2. The van der Waals surface area contributed by atoms with Crippen LogP contribution in [0.5, 0.6) is 11.5 Å². The van der Waals surface area contributed by atoms with Crippen LogP contribution in [0.4, 0.5) is 4.39 Å². The summed E-state index contributed by atoms with van der Waals surface area (Å²) < 4.78 is 23.7. The van der Waals surface area contributed by atoms with Gasteiger partial charge in [0.1, 0.15) is 17.3 Å². The molecule has 120 valence electrons. The van der Waals surface area contributed by atoms with Crippen LogP contribution < -0.4 is 14.8 Å². The van der Waals surface area contributed by atoms with Crippen LogP contribution in [-0.2, 0) is 11.3 Å². The molecule has 0 atom stereocenters. The number of methoxy groups -OCH3 is 1. The third kappa shape index (κ3) is 4.54. The van der Waals surface area contributed by atoms with Crippen LogP contribution in [0.15, 0.2) is 42.5 Å². The number of ether oxygens (including phenoxy) is 2. The molecule has 23 heavy (non-hydrogen) atoms. The van der Waals surface area contributed by atoms with Crippen molar-refractivity contribution in [2.24, 2.45) is 0 Å². The van der Waals surface area contributed by atoms with Crippen LogP contribution in [0, 0.1) is 5.82 Å². The Morgan fingerprint density at radius 3 is 2.74 bits per heavy atom. The number of hydrogen-bond acceptors (Lipinski definition) is 4. The molecule has 2 aromatic carbocycles. The van der Waals surface area contributed by atoms with Gasteiger partial charge in [0.25, 0.3) is 5.91 Å². The quantitative estimate of drug-likeness (QED) is 0.796. The van der Waals surface area contributed by atoms with E-state index in [1.165, 1.54) is 19.2 Å². The Kier molecular flexibility index (Phi) is 5.68. The van der Waals surface area contributed by atoms with E-state index in [9.17, 15) is 14.0 Å². The molecule has 2 rings (SSSR count). The van der Waals surface area contributed by atoms with Crippen LogP contribution in [-0.4, -0.2) is 25.9 Å². The molecule has 0 heterocycles. The van der Waals surface area contributed by atoms with Crippen molar-refractivity contribution in [2.45, 2.75) is 6.54 Å². The number of amides is 1. The topological polar surface area (TPSA) is 64.6 Å². The summed E-state index contributed by atoms with van der Waals surface area (Å²) in [5, 5.41) is 2.55. The van der Waals surface area contributed by atoms with Gasteiger partial charge in [-0.25, -0.2) is 4.39 Å². The molecule has 6 heteroatoms. The van der Waals surface area contributed by atoms with Gasteiger partial charge in [0.2, 0.25) is 0 Å². The van der Waals surface area contributed by atoms with E-state index < -0.39 is 5.91 Å². The van der Waals surface area contributed by atoms with Crippen molar-refractivity contribution in [3.05, 3.63) is 59.4 Å². The lowest BCUT2D eigenvalue weighted by Crippen LogP contribution is -2.28. The van der Waals surface area contributed by atoms with Gasteiger partial charge in [-0.15, -0.1) is 0 Å². The van der Waals surface area contributed by atoms with Crippen molar-refractivity contribution in [3.63, 3.8) is 0 Å². The SMILES string of the molecule is COc1ccc(OCC(=O)NCc2ccccc2F)c(C=O)c1. The molecular formula is C17H16FNO4. The fourth-order valence-electron chi connectivity index (χ4n) is 1.91. The summed E-state index contributed by atoms with van der Waals surface area (Å²) in [6.07, 6.45) is 0.620. The minimum Gasteiger partial charge on any atom is -0.497 e. The zero-order chi connectivity index (χ0) is 16.7. The van der Waals surface area contributed by atoms with Crippen LogP contribution in [0.2, 0.25) is 0 Å². The van der Waals surface area contributed by atoms with Gasteiger partial charge in [0, 0.05) is 12.1 Å². The van der Waals surface area contributed by atoms with Crippen molar-refractivity contribution in [3.8, 4) is 11.5 Å². The number of carbonyl (C=O) groups excluding carboxylic acids is 2. The van der Waals surface area contributed by atoms with Gasteiger partial charge in [0.15, 0.2) is 12.9 Å². The summed E-state index contributed by atoms with van der Waals surface area (Å²) in [4.78, 5) is 22.8. The Bertz CT molecular complexity index is 703. The lowest BCUT2D eigenvalue weighted by atomic mass is 10.2. The van der Waals surface area contributed by atoms with Gasteiger partial charge in [-0.1, -0.05) is 18.2 Å². The number of hydrogen-bond donors (Lipinski definition) is 1. The summed E-state index contributed by atoms with van der Waals surface area (Å²) in [6, 6.07) is 10.9. The van der Waals surface area contributed by atoms with E-state index in [1.807, 2.05) is 0 Å². The number of rotatable bonds is 7. The second-order valence-corrected chi connectivity index (χ2v) is 4.68.